The van der Waals surface area contributed by atoms with E-state index in [1.807, 2.05) is 36.0 Å². The summed E-state index contributed by atoms with van der Waals surface area (Å²) >= 11 is 1.86. The fourth-order valence-electron chi connectivity index (χ4n) is 2.21. The lowest BCUT2D eigenvalue weighted by atomic mass is 10.0. The van der Waals surface area contributed by atoms with Crippen LogP contribution in [0.15, 0.2) is 24.3 Å². The molecule has 0 aliphatic carbocycles. The summed E-state index contributed by atoms with van der Waals surface area (Å²) in [7, 11) is 1.60. The minimum Gasteiger partial charge on any atom is -0.495 e. The van der Waals surface area contributed by atoms with Gasteiger partial charge in [-0.25, -0.2) is 0 Å². The van der Waals surface area contributed by atoms with Crippen LogP contribution in [0, 0.1) is 0 Å². The molecule has 0 aromatic heterocycles. The second-order valence-electron chi connectivity index (χ2n) is 4.95. The lowest BCUT2D eigenvalue weighted by Gasteiger charge is -2.29. The zero-order chi connectivity index (χ0) is 15.7. The lowest BCUT2D eigenvalue weighted by molar-refractivity contribution is -0.115. The van der Waals surface area contributed by atoms with Crippen molar-refractivity contribution >= 4 is 23.4 Å². The van der Waals surface area contributed by atoms with Crippen molar-refractivity contribution in [2.75, 3.05) is 31.8 Å². The molecule has 2 N–H and O–H groups in total. The summed E-state index contributed by atoms with van der Waals surface area (Å²) in [6, 6.07) is 7.41. The number of methoxy groups -OCH3 is 1. The Morgan fingerprint density at radius 2 is 1.95 bits per heavy atom. The summed E-state index contributed by atoms with van der Waals surface area (Å²) < 4.78 is 5.43. The molecule has 0 saturated heterocycles. The van der Waals surface area contributed by atoms with Gasteiger partial charge in [-0.05, 0) is 31.2 Å². The summed E-state index contributed by atoms with van der Waals surface area (Å²) in [5.74, 6) is 0.619. The van der Waals surface area contributed by atoms with Crippen LogP contribution in [0.3, 0.4) is 0 Å². The molecule has 0 radical (unpaired) electrons. The lowest BCUT2D eigenvalue weighted by Crippen LogP contribution is -2.40. The minimum atomic E-state index is -0.0540. The molecular formula is C16H26N2O2S. The van der Waals surface area contributed by atoms with Crippen molar-refractivity contribution in [2.45, 2.75) is 31.4 Å². The maximum atomic E-state index is 12.0. The Labute approximate surface area is 132 Å². The largest absolute Gasteiger partial charge is 0.495 e. The molecule has 0 atom stereocenters. The van der Waals surface area contributed by atoms with E-state index in [9.17, 15) is 4.79 Å². The molecule has 0 fully saturated rings. The Hall–Kier alpha value is -1.20. The van der Waals surface area contributed by atoms with Crippen molar-refractivity contribution in [1.29, 1.82) is 0 Å². The van der Waals surface area contributed by atoms with Gasteiger partial charge in [-0.1, -0.05) is 26.0 Å². The third kappa shape index (κ3) is 5.25. The molecule has 0 bridgehead atoms. The second kappa shape index (κ2) is 8.95. The van der Waals surface area contributed by atoms with E-state index in [1.165, 1.54) is 0 Å². The van der Waals surface area contributed by atoms with Crippen LogP contribution in [0.25, 0.3) is 0 Å². The van der Waals surface area contributed by atoms with Gasteiger partial charge in [0.15, 0.2) is 0 Å². The van der Waals surface area contributed by atoms with Crippen LogP contribution in [-0.2, 0) is 4.79 Å². The number of thioether (sulfide) groups is 1. The number of carbonyl (C=O) groups excluding carboxylic acids is 1. The number of rotatable bonds is 9. The molecule has 1 rings (SSSR count). The van der Waals surface area contributed by atoms with Crippen LogP contribution in [0.4, 0.5) is 5.69 Å². The number of nitrogens with one attached hydrogen (secondary N) is 2. The number of ether oxygens (including phenoxy) is 1. The van der Waals surface area contributed by atoms with Gasteiger partial charge in [0, 0.05) is 11.3 Å². The molecule has 1 amide bonds. The summed E-state index contributed by atoms with van der Waals surface area (Å²) in [6.07, 6.45) is 4.31. The summed E-state index contributed by atoms with van der Waals surface area (Å²) in [6.45, 7) is 5.52. The van der Waals surface area contributed by atoms with Crippen molar-refractivity contribution in [3.05, 3.63) is 24.3 Å². The fourth-order valence-corrected chi connectivity index (χ4v) is 3.03. The fraction of sp³-hybridized carbons (Fsp3) is 0.562. The number of carbonyl (C=O) groups is 1. The summed E-state index contributed by atoms with van der Waals surface area (Å²) in [5.41, 5.74) is 0.703. The Bertz CT molecular complexity index is 439. The van der Waals surface area contributed by atoms with Crippen LogP contribution >= 0.6 is 11.8 Å². The number of anilines is 1. The van der Waals surface area contributed by atoms with Gasteiger partial charge < -0.3 is 15.4 Å². The number of benzene rings is 1. The third-order valence-corrected chi connectivity index (χ3v) is 5.42. The van der Waals surface area contributed by atoms with E-state index in [0.29, 0.717) is 18.0 Å². The summed E-state index contributed by atoms with van der Waals surface area (Å²) in [4.78, 5) is 12.0. The van der Waals surface area contributed by atoms with E-state index in [-0.39, 0.29) is 10.7 Å². The highest BCUT2D eigenvalue weighted by atomic mass is 32.2. The molecular weight excluding hydrogens is 284 g/mol. The van der Waals surface area contributed by atoms with Crippen LogP contribution in [0.1, 0.15) is 26.7 Å². The maximum Gasteiger partial charge on any atom is 0.238 e. The monoisotopic (exact) mass is 310 g/mol. The average molecular weight is 310 g/mol. The van der Waals surface area contributed by atoms with Crippen molar-refractivity contribution in [1.82, 2.24) is 5.32 Å². The zero-order valence-electron chi connectivity index (χ0n) is 13.4. The highest BCUT2D eigenvalue weighted by Crippen LogP contribution is 2.29. The van der Waals surface area contributed by atoms with Crippen LogP contribution in [0.5, 0.6) is 5.75 Å². The first kappa shape index (κ1) is 17.9. The van der Waals surface area contributed by atoms with E-state index < -0.39 is 0 Å². The molecule has 4 nitrogen and oxygen atoms in total. The van der Waals surface area contributed by atoms with Gasteiger partial charge in [-0.15, -0.1) is 0 Å². The van der Waals surface area contributed by atoms with E-state index >= 15 is 0 Å². The smallest absolute Gasteiger partial charge is 0.238 e. The molecule has 1 aromatic rings. The predicted octanol–water partition coefficient (Wildman–Crippen LogP) is 3.15. The number of para-hydroxylation sites is 2. The van der Waals surface area contributed by atoms with Gasteiger partial charge in [-0.3, -0.25) is 4.79 Å². The van der Waals surface area contributed by atoms with Crippen molar-refractivity contribution in [3.8, 4) is 5.75 Å². The Kier molecular flexibility index (Phi) is 7.61. The SMILES string of the molecule is CCC(CC)(CNCC(=O)Nc1ccccc1OC)SC. The van der Waals surface area contributed by atoms with Crippen molar-refractivity contribution in [2.24, 2.45) is 0 Å². The van der Waals surface area contributed by atoms with Crippen LogP contribution < -0.4 is 15.4 Å². The standard InChI is InChI=1S/C16H26N2O2S/c1-5-16(6-2,21-4)12-17-11-15(19)18-13-9-7-8-10-14(13)20-3/h7-10,17H,5-6,11-12H2,1-4H3,(H,18,19). The molecule has 118 valence electrons. The highest BCUT2D eigenvalue weighted by molar-refractivity contribution is 8.00. The third-order valence-electron chi connectivity index (χ3n) is 3.84. The first-order chi connectivity index (χ1) is 10.1. The number of amides is 1. The van der Waals surface area contributed by atoms with Crippen molar-refractivity contribution < 1.29 is 9.53 Å². The molecule has 0 heterocycles. The average Bonchev–Trinajstić information content (AvgIpc) is 2.52. The Morgan fingerprint density at radius 1 is 1.29 bits per heavy atom. The normalized spacial score (nSPS) is 11.2. The minimum absolute atomic E-state index is 0.0540. The van der Waals surface area contributed by atoms with Crippen molar-refractivity contribution in [3.63, 3.8) is 0 Å². The summed E-state index contributed by atoms with van der Waals surface area (Å²) in [5, 5.41) is 6.13. The molecule has 0 spiro atoms. The molecule has 5 heteroatoms. The predicted molar refractivity (Wildman–Crippen MR) is 91.3 cm³/mol. The molecule has 1 aromatic carbocycles. The maximum absolute atomic E-state index is 12.0. The Balaban J connectivity index is 2.48. The van der Waals surface area contributed by atoms with Gasteiger partial charge in [0.2, 0.25) is 5.91 Å². The van der Waals surface area contributed by atoms with Gasteiger partial charge in [-0.2, -0.15) is 11.8 Å². The van der Waals surface area contributed by atoms with Crippen LogP contribution in [0.2, 0.25) is 0 Å². The first-order valence-corrected chi connectivity index (χ1v) is 8.52. The number of hydrogen-bond acceptors (Lipinski definition) is 4. The van der Waals surface area contributed by atoms with Gasteiger partial charge in [0.1, 0.15) is 5.75 Å². The zero-order valence-corrected chi connectivity index (χ0v) is 14.2. The van der Waals surface area contributed by atoms with E-state index in [2.05, 4.69) is 30.7 Å². The number of hydrogen-bond donors (Lipinski definition) is 2. The Morgan fingerprint density at radius 3 is 2.52 bits per heavy atom. The van der Waals surface area contributed by atoms with Gasteiger partial charge in [0.25, 0.3) is 0 Å². The van der Waals surface area contributed by atoms with E-state index in [0.717, 1.165) is 19.4 Å². The molecule has 0 saturated carbocycles. The van der Waals surface area contributed by atoms with Gasteiger partial charge >= 0.3 is 0 Å². The van der Waals surface area contributed by atoms with E-state index in [4.69, 9.17) is 4.74 Å². The molecule has 0 aliphatic heterocycles. The first-order valence-electron chi connectivity index (χ1n) is 7.29. The van der Waals surface area contributed by atoms with Crippen LogP contribution in [-0.4, -0.2) is 37.1 Å². The van der Waals surface area contributed by atoms with E-state index in [1.54, 1.807) is 7.11 Å². The second-order valence-corrected chi connectivity index (χ2v) is 6.22. The molecule has 0 aliphatic rings. The molecule has 21 heavy (non-hydrogen) atoms. The molecule has 0 unspecified atom stereocenters. The highest BCUT2D eigenvalue weighted by Gasteiger charge is 2.24. The van der Waals surface area contributed by atoms with Gasteiger partial charge in [0.05, 0.1) is 19.3 Å². The quantitative estimate of drug-likeness (QED) is 0.736. The topological polar surface area (TPSA) is 50.4 Å².